The van der Waals surface area contributed by atoms with Crippen molar-refractivity contribution in [1.29, 1.82) is 0 Å². The second kappa shape index (κ2) is 6.62. The lowest BCUT2D eigenvalue weighted by molar-refractivity contribution is 0.186. The van der Waals surface area contributed by atoms with E-state index in [0.29, 0.717) is 0 Å². The molecule has 2 heteroatoms. The van der Waals surface area contributed by atoms with Crippen molar-refractivity contribution in [3.05, 3.63) is 29.8 Å². The van der Waals surface area contributed by atoms with Crippen molar-refractivity contribution in [2.75, 3.05) is 0 Å². The fraction of sp³-hybridized carbons (Fsp3) is 0.667. The lowest BCUT2D eigenvalue weighted by atomic mass is 9.70. The fourth-order valence-electron chi connectivity index (χ4n) is 4.35. The molecule has 0 unspecified atom stereocenters. The van der Waals surface area contributed by atoms with E-state index in [1.807, 2.05) is 12.1 Å². The van der Waals surface area contributed by atoms with Crippen LogP contribution in [0.2, 0.25) is 0 Å². The monoisotopic (exact) mass is 273 g/mol. The molecule has 2 aliphatic rings. The summed E-state index contributed by atoms with van der Waals surface area (Å²) in [5.74, 6) is 8.74. The smallest absolute Gasteiger partial charge is 0.146 e. The first-order valence-electron chi connectivity index (χ1n) is 8.33. The molecular weight excluding hydrogens is 246 g/mol. The Kier molecular flexibility index (Phi) is 4.62. The predicted molar refractivity (Wildman–Crippen MR) is 82.5 cm³/mol. The van der Waals surface area contributed by atoms with Crippen LogP contribution in [0.15, 0.2) is 24.3 Å². The molecule has 0 saturated heterocycles. The van der Waals surface area contributed by atoms with E-state index in [-0.39, 0.29) is 0 Å². The van der Waals surface area contributed by atoms with Crippen LogP contribution in [0.4, 0.5) is 0 Å². The largest absolute Gasteiger partial charge is 0.412 e. The van der Waals surface area contributed by atoms with Crippen LogP contribution in [0.5, 0.6) is 5.75 Å². The number of nitrogens with two attached hydrogens (primary N) is 1. The average molecular weight is 273 g/mol. The second-order valence-corrected chi connectivity index (χ2v) is 6.70. The summed E-state index contributed by atoms with van der Waals surface area (Å²) in [5.41, 5.74) is 1.47. The van der Waals surface area contributed by atoms with Gasteiger partial charge in [-0.05, 0) is 61.1 Å². The first kappa shape index (κ1) is 13.9. The highest BCUT2D eigenvalue weighted by atomic mass is 16.6. The van der Waals surface area contributed by atoms with Crippen LogP contribution in [0.3, 0.4) is 0 Å². The van der Waals surface area contributed by atoms with Crippen molar-refractivity contribution in [3.8, 4) is 5.75 Å². The maximum Gasteiger partial charge on any atom is 0.146 e. The van der Waals surface area contributed by atoms with Crippen LogP contribution in [0.1, 0.15) is 69.3 Å². The molecule has 0 aliphatic heterocycles. The summed E-state index contributed by atoms with van der Waals surface area (Å²) < 4.78 is 0. The Bertz CT molecular complexity index is 400. The highest BCUT2D eigenvalue weighted by Crippen LogP contribution is 2.42. The fourth-order valence-corrected chi connectivity index (χ4v) is 4.35. The Balaban J connectivity index is 1.54. The molecule has 0 bridgehead atoms. The third kappa shape index (κ3) is 3.17. The second-order valence-electron chi connectivity index (χ2n) is 6.70. The Morgan fingerprint density at radius 2 is 1.35 bits per heavy atom. The van der Waals surface area contributed by atoms with E-state index in [1.54, 1.807) is 0 Å². The van der Waals surface area contributed by atoms with Crippen LogP contribution in [0.25, 0.3) is 0 Å². The summed E-state index contributed by atoms with van der Waals surface area (Å²) in [6, 6.07) is 8.35. The van der Waals surface area contributed by atoms with Crippen molar-refractivity contribution >= 4 is 0 Å². The molecule has 2 aliphatic carbocycles. The third-order valence-electron chi connectivity index (χ3n) is 5.58. The summed E-state index contributed by atoms with van der Waals surface area (Å²) in [5, 5.41) is 0. The van der Waals surface area contributed by atoms with E-state index in [9.17, 15) is 0 Å². The number of rotatable bonds is 3. The number of benzene rings is 1. The highest BCUT2D eigenvalue weighted by Gasteiger charge is 2.28. The van der Waals surface area contributed by atoms with Gasteiger partial charge in [0.2, 0.25) is 0 Å². The Morgan fingerprint density at radius 1 is 0.750 bits per heavy atom. The van der Waals surface area contributed by atoms with Gasteiger partial charge in [-0.25, -0.2) is 0 Å². The van der Waals surface area contributed by atoms with Crippen LogP contribution in [0, 0.1) is 11.8 Å². The first-order valence-corrected chi connectivity index (χ1v) is 8.33. The quantitative estimate of drug-likeness (QED) is 0.803. The molecule has 1 aromatic rings. The highest BCUT2D eigenvalue weighted by molar-refractivity contribution is 5.29. The normalized spacial score (nSPS) is 28.2. The van der Waals surface area contributed by atoms with Crippen LogP contribution in [-0.2, 0) is 0 Å². The van der Waals surface area contributed by atoms with Gasteiger partial charge in [-0.1, -0.05) is 44.2 Å². The molecule has 2 N–H and O–H groups in total. The molecule has 0 aromatic heterocycles. The molecule has 20 heavy (non-hydrogen) atoms. The van der Waals surface area contributed by atoms with Crippen LogP contribution in [-0.4, -0.2) is 0 Å². The minimum atomic E-state index is 0.752. The molecule has 0 atom stereocenters. The molecule has 2 nitrogen and oxygen atoms in total. The van der Waals surface area contributed by atoms with Crippen molar-refractivity contribution in [1.82, 2.24) is 0 Å². The minimum Gasteiger partial charge on any atom is -0.412 e. The molecule has 110 valence electrons. The topological polar surface area (TPSA) is 35.2 Å². The van der Waals surface area contributed by atoms with E-state index in [1.165, 1.54) is 63.4 Å². The van der Waals surface area contributed by atoms with Crippen molar-refractivity contribution in [2.45, 2.75) is 63.7 Å². The van der Waals surface area contributed by atoms with E-state index >= 15 is 0 Å². The molecule has 0 radical (unpaired) electrons. The average Bonchev–Trinajstić information content (AvgIpc) is 2.56. The van der Waals surface area contributed by atoms with Gasteiger partial charge in [-0.2, -0.15) is 5.90 Å². The zero-order chi connectivity index (χ0) is 13.8. The van der Waals surface area contributed by atoms with Gasteiger partial charge in [0.25, 0.3) is 0 Å². The van der Waals surface area contributed by atoms with Crippen LogP contribution < -0.4 is 10.7 Å². The van der Waals surface area contributed by atoms with Crippen molar-refractivity contribution < 1.29 is 4.84 Å². The Hall–Kier alpha value is -1.02. The van der Waals surface area contributed by atoms with E-state index in [0.717, 1.165) is 23.5 Å². The summed E-state index contributed by atoms with van der Waals surface area (Å²) in [6.45, 7) is 0. The van der Waals surface area contributed by atoms with Crippen molar-refractivity contribution in [2.24, 2.45) is 17.7 Å². The summed E-state index contributed by atoms with van der Waals surface area (Å²) in [7, 11) is 0. The van der Waals surface area contributed by atoms with E-state index < -0.39 is 0 Å². The molecule has 0 spiro atoms. The molecular formula is C18H27NO. The van der Waals surface area contributed by atoms with E-state index in [2.05, 4.69) is 12.1 Å². The van der Waals surface area contributed by atoms with Gasteiger partial charge >= 0.3 is 0 Å². The lowest BCUT2D eigenvalue weighted by Crippen LogP contribution is -2.23. The van der Waals surface area contributed by atoms with Gasteiger partial charge in [0.1, 0.15) is 5.75 Å². The van der Waals surface area contributed by atoms with Gasteiger partial charge in [-0.3, -0.25) is 0 Å². The molecule has 3 rings (SSSR count). The molecule has 2 saturated carbocycles. The summed E-state index contributed by atoms with van der Waals surface area (Å²) in [6.07, 6.45) is 13.0. The third-order valence-corrected chi connectivity index (χ3v) is 5.58. The van der Waals surface area contributed by atoms with Crippen molar-refractivity contribution in [3.63, 3.8) is 0 Å². The Labute approximate surface area is 122 Å². The van der Waals surface area contributed by atoms with Gasteiger partial charge < -0.3 is 4.84 Å². The molecule has 1 aromatic carbocycles. The number of hydrogen-bond donors (Lipinski definition) is 1. The Morgan fingerprint density at radius 3 is 1.95 bits per heavy atom. The maximum atomic E-state index is 5.18. The predicted octanol–water partition coefficient (Wildman–Crippen LogP) is 4.79. The van der Waals surface area contributed by atoms with E-state index in [4.69, 9.17) is 10.7 Å². The van der Waals surface area contributed by atoms with Gasteiger partial charge in [-0.15, -0.1) is 0 Å². The lowest BCUT2D eigenvalue weighted by Gasteiger charge is -2.36. The van der Waals surface area contributed by atoms with Gasteiger partial charge in [0.15, 0.2) is 0 Å². The molecule has 0 amide bonds. The van der Waals surface area contributed by atoms with Gasteiger partial charge in [0, 0.05) is 0 Å². The van der Waals surface area contributed by atoms with Crippen LogP contribution >= 0.6 is 0 Å². The van der Waals surface area contributed by atoms with Gasteiger partial charge in [0.05, 0.1) is 0 Å². The number of hydrogen-bond acceptors (Lipinski definition) is 2. The summed E-state index contributed by atoms with van der Waals surface area (Å²) >= 11 is 0. The molecule has 0 heterocycles. The minimum absolute atomic E-state index is 0.752. The standard InChI is InChI=1S/C18H27NO/c19-20-18-12-10-17(11-13-18)16-8-6-15(7-9-16)14-4-2-1-3-5-14/h10-16H,1-9,19H2. The zero-order valence-electron chi connectivity index (χ0n) is 12.4. The zero-order valence-corrected chi connectivity index (χ0v) is 12.4. The SMILES string of the molecule is NOc1ccc(C2CCC(C3CCCCC3)CC2)cc1. The maximum absolute atomic E-state index is 5.18. The summed E-state index contributed by atoms with van der Waals surface area (Å²) in [4.78, 5) is 4.75. The first-order chi connectivity index (χ1) is 9.86. The molecule has 2 fully saturated rings.